The van der Waals surface area contributed by atoms with Gasteiger partial charge in [0.05, 0.1) is 5.69 Å². The maximum atomic E-state index is 10.4. The van der Waals surface area contributed by atoms with Crippen molar-refractivity contribution < 1.29 is 9.90 Å². The topological polar surface area (TPSA) is 55.1 Å². The van der Waals surface area contributed by atoms with E-state index in [-0.39, 0.29) is 0 Å². The Bertz CT molecular complexity index is 477. The summed E-state index contributed by atoms with van der Waals surface area (Å²) < 4.78 is 2.11. The van der Waals surface area contributed by atoms with Crippen molar-refractivity contribution in [1.82, 2.24) is 9.55 Å². The maximum absolute atomic E-state index is 10.4. The molecule has 0 aliphatic carbocycles. The van der Waals surface area contributed by atoms with Crippen molar-refractivity contribution in [2.45, 2.75) is 116 Å². The molecule has 0 atom stereocenters. The summed E-state index contributed by atoms with van der Waals surface area (Å²) in [6, 6.07) is 0. The molecule has 1 aromatic heterocycles. The summed E-state index contributed by atoms with van der Waals surface area (Å²) in [5.74, 6) is 0.454. The molecule has 1 aromatic rings. The number of carboxylic acid groups (broad SMARTS) is 1. The van der Waals surface area contributed by atoms with E-state index in [1.807, 2.05) is 0 Å². The first-order valence-corrected chi connectivity index (χ1v) is 11.3. The zero-order valence-corrected chi connectivity index (χ0v) is 17.8. The smallest absolute Gasteiger partial charge is 0.303 e. The molecule has 4 nitrogen and oxygen atoms in total. The highest BCUT2D eigenvalue weighted by molar-refractivity contribution is 5.66. The molecule has 0 aliphatic heterocycles. The molecule has 27 heavy (non-hydrogen) atoms. The van der Waals surface area contributed by atoms with Crippen LogP contribution in [0.15, 0.2) is 6.20 Å². The number of carboxylic acids is 1. The van der Waals surface area contributed by atoms with Gasteiger partial charge in [0.15, 0.2) is 0 Å². The van der Waals surface area contributed by atoms with Crippen molar-refractivity contribution in [2.24, 2.45) is 7.05 Å². The Morgan fingerprint density at radius 1 is 0.815 bits per heavy atom. The molecule has 1 rings (SSSR count). The zero-order chi connectivity index (χ0) is 19.7. The molecule has 0 fully saturated rings. The number of imidazole rings is 1. The molecule has 0 saturated carbocycles. The lowest BCUT2D eigenvalue weighted by Gasteiger charge is -2.03. The monoisotopic (exact) mass is 378 g/mol. The molecule has 0 amide bonds. The SMILES string of the molecule is Cc1nc(CCCCCCCCCCCCCCCCCC(=O)O)cn1C. The zero-order valence-electron chi connectivity index (χ0n) is 17.8. The average Bonchev–Trinajstić information content (AvgIpc) is 2.95. The second-order valence-electron chi connectivity index (χ2n) is 8.09. The molecule has 0 saturated heterocycles. The van der Waals surface area contributed by atoms with E-state index in [1.165, 1.54) is 89.2 Å². The fourth-order valence-corrected chi connectivity index (χ4v) is 3.63. The van der Waals surface area contributed by atoms with Crippen LogP contribution in [0.1, 0.15) is 114 Å². The number of nitrogens with zero attached hydrogens (tertiary/aromatic N) is 2. The summed E-state index contributed by atoms with van der Waals surface area (Å²) >= 11 is 0. The van der Waals surface area contributed by atoms with E-state index >= 15 is 0 Å². The molecule has 0 spiro atoms. The Labute approximate surface area is 166 Å². The van der Waals surface area contributed by atoms with Crippen molar-refractivity contribution in [3.8, 4) is 0 Å². The molecular formula is C23H42N2O2. The van der Waals surface area contributed by atoms with Crippen LogP contribution in [0.25, 0.3) is 0 Å². The predicted octanol–water partition coefficient (Wildman–Crippen LogP) is 6.60. The number of hydrogen-bond donors (Lipinski definition) is 1. The summed E-state index contributed by atoms with van der Waals surface area (Å²) in [6.45, 7) is 2.06. The lowest BCUT2D eigenvalue weighted by atomic mass is 10.0. The third-order valence-electron chi connectivity index (χ3n) is 5.48. The third-order valence-corrected chi connectivity index (χ3v) is 5.48. The molecule has 156 valence electrons. The van der Waals surface area contributed by atoms with E-state index in [4.69, 9.17) is 5.11 Å². The number of unbranched alkanes of at least 4 members (excludes halogenated alkanes) is 14. The fourth-order valence-electron chi connectivity index (χ4n) is 3.63. The molecule has 0 aromatic carbocycles. The predicted molar refractivity (Wildman–Crippen MR) is 113 cm³/mol. The van der Waals surface area contributed by atoms with Crippen LogP contribution in [0.4, 0.5) is 0 Å². The van der Waals surface area contributed by atoms with Gasteiger partial charge in [-0.05, 0) is 26.2 Å². The van der Waals surface area contributed by atoms with Crippen LogP contribution in [-0.4, -0.2) is 20.6 Å². The molecule has 1 heterocycles. The summed E-state index contributed by atoms with van der Waals surface area (Å²) in [7, 11) is 2.07. The minimum absolute atomic E-state index is 0.337. The number of aliphatic carboxylic acids is 1. The second-order valence-corrected chi connectivity index (χ2v) is 8.09. The van der Waals surface area contributed by atoms with E-state index in [0.29, 0.717) is 6.42 Å². The number of aryl methyl sites for hydroxylation is 3. The highest BCUT2D eigenvalue weighted by atomic mass is 16.4. The van der Waals surface area contributed by atoms with Gasteiger partial charge in [0, 0.05) is 19.7 Å². The lowest BCUT2D eigenvalue weighted by Crippen LogP contribution is -1.93. The Balaban J connectivity index is 1.73. The largest absolute Gasteiger partial charge is 0.481 e. The first kappa shape index (κ1) is 23.7. The van der Waals surface area contributed by atoms with Gasteiger partial charge in [-0.25, -0.2) is 4.98 Å². The number of carbonyl (C=O) groups is 1. The fraction of sp³-hybridized carbons (Fsp3) is 0.826. The van der Waals surface area contributed by atoms with Gasteiger partial charge in [0.1, 0.15) is 5.82 Å². The van der Waals surface area contributed by atoms with E-state index in [0.717, 1.165) is 25.1 Å². The molecule has 0 aliphatic rings. The number of aromatic nitrogens is 2. The normalized spacial score (nSPS) is 11.2. The van der Waals surface area contributed by atoms with Crippen molar-refractivity contribution in [3.63, 3.8) is 0 Å². The van der Waals surface area contributed by atoms with Crippen molar-refractivity contribution in [2.75, 3.05) is 0 Å². The average molecular weight is 379 g/mol. The summed E-state index contributed by atoms with van der Waals surface area (Å²) in [4.78, 5) is 15.0. The standard InChI is InChI=1S/C23H42N2O2/c1-21-24-22(20-25(21)2)18-16-14-12-10-8-6-4-3-5-7-9-11-13-15-17-19-23(26)27/h20H,3-19H2,1-2H3,(H,26,27). The minimum Gasteiger partial charge on any atom is -0.481 e. The summed E-state index contributed by atoms with van der Waals surface area (Å²) in [6.07, 6.45) is 23.0. The van der Waals surface area contributed by atoms with Gasteiger partial charge >= 0.3 is 5.97 Å². The summed E-state index contributed by atoms with van der Waals surface area (Å²) in [5, 5.41) is 8.58. The van der Waals surface area contributed by atoms with Crippen LogP contribution < -0.4 is 0 Å². The van der Waals surface area contributed by atoms with Gasteiger partial charge in [0.25, 0.3) is 0 Å². The molecule has 0 unspecified atom stereocenters. The minimum atomic E-state index is -0.658. The number of rotatable bonds is 18. The molecular weight excluding hydrogens is 336 g/mol. The van der Waals surface area contributed by atoms with Gasteiger partial charge in [-0.1, -0.05) is 83.5 Å². The van der Waals surface area contributed by atoms with E-state index in [1.54, 1.807) is 0 Å². The quantitative estimate of drug-likeness (QED) is 0.293. The van der Waals surface area contributed by atoms with Crippen LogP contribution in [0.3, 0.4) is 0 Å². The highest BCUT2D eigenvalue weighted by Crippen LogP contribution is 2.14. The van der Waals surface area contributed by atoms with Gasteiger partial charge in [0.2, 0.25) is 0 Å². The van der Waals surface area contributed by atoms with Crippen molar-refractivity contribution in [1.29, 1.82) is 0 Å². The van der Waals surface area contributed by atoms with Crippen LogP contribution in [0, 0.1) is 6.92 Å². The van der Waals surface area contributed by atoms with Crippen LogP contribution in [0.2, 0.25) is 0 Å². The number of hydrogen-bond acceptors (Lipinski definition) is 2. The molecule has 4 heteroatoms. The van der Waals surface area contributed by atoms with Gasteiger partial charge in [-0.2, -0.15) is 0 Å². The van der Waals surface area contributed by atoms with E-state index in [2.05, 4.69) is 29.7 Å². The second kappa shape index (κ2) is 15.7. The van der Waals surface area contributed by atoms with E-state index < -0.39 is 5.97 Å². The molecule has 0 radical (unpaired) electrons. The van der Waals surface area contributed by atoms with Crippen molar-refractivity contribution >= 4 is 5.97 Å². The first-order chi connectivity index (χ1) is 13.1. The van der Waals surface area contributed by atoms with Crippen LogP contribution in [-0.2, 0) is 18.3 Å². The maximum Gasteiger partial charge on any atom is 0.303 e. The Morgan fingerprint density at radius 2 is 1.22 bits per heavy atom. The van der Waals surface area contributed by atoms with Crippen LogP contribution in [0.5, 0.6) is 0 Å². The van der Waals surface area contributed by atoms with Crippen LogP contribution >= 0.6 is 0 Å². The van der Waals surface area contributed by atoms with Gasteiger partial charge in [-0.3, -0.25) is 4.79 Å². The summed E-state index contributed by atoms with van der Waals surface area (Å²) in [5.41, 5.74) is 1.25. The lowest BCUT2D eigenvalue weighted by molar-refractivity contribution is -0.137. The van der Waals surface area contributed by atoms with Crippen molar-refractivity contribution in [3.05, 3.63) is 17.7 Å². The van der Waals surface area contributed by atoms with Gasteiger partial charge < -0.3 is 9.67 Å². The van der Waals surface area contributed by atoms with Gasteiger partial charge in [-0.15, -0.1) is 0 Å². The highest BCUT2D eigenvalue weighted by Gasteiger charge is 2.01. The Morgan fingerprint density at radius 3 is 1.59 bits per heavy atom. The van der Waals surface area contributed by atoms with E-state index in [9.17, 15) is 4.79 Å². The Kier molecular flexibility index (Phi) is 13.8. The molecule has 0 bridgehead atoms. The molecule has 1 N–H and O–H groups in total. The Hall–Kier alpha value is -1.32. The third kappa shape index (κ3) is 13.5. The first-order valence-electron chi connectivity index (χ1n) is 11.3.